The summed E-state index contributed by atoms with van der Waals surface area (Å²) in [6.45, 7) is 4.49. The van der Waals surface area contributed by atoms with E-state index in [-0.39, 0.29) is 0 Å². The van der Waals surface area contributed by atoms with Crippen molar-refractivity contribution in [3.63, 3.8) is 0 Å². The first kappa shape index (κ1) is 9.43. The predicted molar refractivity (Wildman–Crippen MR) is 71.0 cm³/mol. The van der Waals surface area contributed by atoms with E-state index in [0.717, 1.165) is 11.8 Å². The first-order valence-electron chi connectivity index (χ1n) is 5.91. The Hall–Kier alpha value is -0.600. The smallest absolute Gasteiger partial charge is 0.00895 e. The molecule has 0 aromatic carbocycles. The zero-order valence-electron chi connectivity index (χ0n) is 9.54. The second-order valence-electron chi connectivity index (χ2n) is 5.09. The molecule has 2 unspecified atom stereocenters. The van der Waals surface area contributed by atoms with Crippen molar-refractivity contribution in [2.75, 3.05) is 0 Å². The van der Waals surface area contributed by atoms with Crippen LogP contribution in [0.15, 0.2) is 12.1 Å². The minimum absolute atomic E-state index is 0.821. The molecule has 0 nitrogen and oxygen atoms in total. The summed E-state index contributed by atoms with van der Waals surface area (Å²) in [6.07, 6.45) is 2.61. The van der Waals surface area contributed by atoms with Gasteiger partial charge < -0.3 is 0 Å². The number of rotatable bonds is 0. The van der Waals surface area contributed by atoms with Crippen molar-refractivity contribution in [2.45, 2.75) is 38.5 Å². The van der Waals surface area contributed by atoms with E-state index < -0.39 is 0 Å². The Kier molecular flexibility index (Phi) is 1.76. The summed E-state index contributed by atoms with van der Waals surface area (Å²) in [5.74, 6) is 1.64. The Bertz CT molecular complexity index is 521. The highest BCUT2D eigenvalue weighted by molar-refractivity contribution is 7.12. The highest BCUT2D eigenvalue weighted by Crippen LogP contribution is 2.55. The lowest BCUT2D eigenvalue weighted by atomic mass is 9.93. The van der Waals surface area contributed by atoms with Crippen molar-refractivity contribution in [3.05, 3.63) is 42.8 Å². The first-order chi connectivity index (χ1) is 7.72. The minimum atomic E-state index is 0.821. The van der Waals surface area contributed by atoms with Crippen molar-refractivity contribution in [1.82, 2.24) is 0 Å². The van der Waals surface area contributed by atoms with Gasteiger partial charge in [0.05, 0.1) is 0 Å². The molecule has 2 aromatic rings. The summed E-state index contributed by atoms with van der Waals surface area (Å²) >= 11 is 4.04. The average Bonchev–Trinajstić information content (AvgIpc) is 2.85. The lowest BCUT2D eigenvalue weighted by molar-refractivity contribution is 0.633. The van der Waals surface area contributed by atoms with Gasteiger partial charge in [-0.15, -0.1) is 22.7 Å². The van der Waals surface area contributed by atoms with Gasteiger partial charge in [-0.2, -0.15) is 0 Å². The third-order valence-corrected chi connectivity index (χ3v) is 6.20. The van der Waals surface area contributed by atoms with Gasteiger partial charge in [-0.1, -0.05) is 0 Å². The van der Waals surface area contributed by atoms with Crippen molar-refractivity contribution in [1.29, 1.82) is 0 Å². The van der Waals surface area contributed by atoms with Crippen LogP contribution in [-0.2, 0) is 12.8 Å². The van der Waals surface area contributed by atoms with E-state index >= 15 is 0 Å². The van der Waals surface area contributed by atoms with Crippen LogP contribution in [0.2, 0.25) is 0 Å². The molecule has 2 aliphatic rings. The third-order valence-electron chi connectivity index (χ3n) is 4.03. The van der Waals surface area contributed by atoms with E-state index in [1.807, 2.05) is 22.7 Å². The van der Waals surface area contributed by atoms with Gasteiger partial charge in [0.2, 0.25) is 0 Å². The molecule has 0 saturated heterocycles. The van der Waals surface area contributed by atoms with Gasteiger partial charge in [-0.25, -0.2) is 0 Å². The van der Waals surface area contributed by atoms with Crippen LogP contribution in [0, 0.1) is 13.8 Å². The molecule has 2 aromatic heterocycles. The Morgan fingerprint density at radius 3 is 1.75 bits per heavy atom. The highest BCUT2D eigenvalue weighted by Gasteiger charge is 2.41. The number of aryl methyl sites for hydroxylation is 2. The predicted octanol–water partition coefficient (Wildman–Crippen LogP) is 4.41. The van der Waals surface area contributed by atoms with Crippen LogP contribution in [0.3, 0.4) is 0 Å². The maximum Gasteiger partial charge on any atom is 0.00895 e. The Balaban J connectivity index is 1.82. The molecule has 0 radical (unpaired) electrons. The highest BCUT2D eigenvalue weighted by atomic mass is 32.1. The Labute approximate surface area is 104 Å². The summed E-state index contributed by atoms with van der Waals surface area (Å²) < 4.78 is 0. The van der Waals surface area contributed by atoms with Crippen LogP contribution in [0.1, 0.15) is 42.5 Å². The van der Waals surface area contributed by atoms with E-state index in [1.54, 1.807) is 20.9 Å². The minimum Gasteiger partial charge on any atom is -0.145 e. The van der Waals surface area contributed by atoms with Gasteiger partial charge >= 0.3 is 0 Å². The van der Waals surface area contributed by atoms with E-state index in [9.17, 15) is 0 Å². The molecule has 16 heavy (non-hydrogen) atoms. The summed E-state index contributed by atoms with van der Waals surface area (Å²) in [7, 11) is 0. The van der Waals surface area contributed by atoms with Crippen LogP contribution in [-0.4, -0.2) is 0 Å². The largest absolute Gasteiger partial charge is 0.145 e. The first-order valence-corrected chi connectivity index (χ1v) is 7.54. The molecular formula is C14H14S2. The molecule has 2 aliphatic carbocycles. The van der Waals surface area contributed by atoms with Gasteiger partial charge in [0, 0.05) is 19.5 Å². The summed E-state index contributed by atoms with van der Waals surface area (Å²) in [6, 6.07) is 4.88. The second-order valence-corrected chi connectivity index (χ2v) is 7.77. The lowest BCUT2D eigenvalue weighted by Gasteiger charge is -2.10. The van der Waals surface area contributed by atoms with Crippen molar-refractivity contribution < 1.29 is 0 Å². The van der Waals surface area contributed by atoms with Gasteiger partial charge in [0.1, 0.15) is 0 Å². The van der Waals surface area contributed by atoms with E-state index in [0.29, 0.717) is 0 Å². The normalized spacial score (nSPS) is 25.6. The number of hydrogen-bond donors (Lipinski definition) is 0. The topological polar surface area (TPSA) is 0 Å². The molecule has 2 heterocycles. The van der Waals surface area contributed by atoms with Crippen LogP contribution in [0.25, 0.3) is 0 Å². The fourth-order valence-electron chi connectivity index (χ4n) is 3.45. The van der Waals surface area contributed by atoms with Crippen molar-refractivity contribution in [2.24, 2.45) is 0 Å². The fraction of sp³-hybridized carbons (Fsp3) is 0.429. The second kappa shape index (κ2) is 2.99. The van der Waals surface area contributed by atoms with Crippen LogP contribution < -0.4 is 0 Å². The van der Waals surface area contributed by atoms with Crippen molar-refractivity contribution >= 4 is 22.7 Å². The zero-order valence-corrected chi connectivity index (χ0v) is 11.2. The lowest BCUT2D eigenvalue weighted by Crippen LogP contribution is -1.99. The number of hydrogen-bond acceptors (Lipinski definition) is 2. The van der Waals surface area contributed by atoms with Gasteiger partial charge in [0.25, 0.3) is 0 Å². The molecule has 2 atom stereocenters. The molecular weight excluding hydrogens is 232 g/mol. The molecule has 4 rings (SSSR count). The van der Waals surface area contributed by atoms with Gasteiger partial charge in [0.15, 0.2) is 0 Å². The molecule has 0 N–H and O–H groups in total. The molecule has 0 fully saturated rings. The molecule has 0 bridgehead atoms. The zero-order chi connectivity index (χ0) is 10.9. The molecule has 82 valence electrons. The quantitative estimate of drug-likeness (QED) is 0.646. The standard InChI is InChI=1S/C14H14S2/c1-7-3-11-9-6-14-12(4-8(2)16-14)10(9)5-13(11)15-7/h3-4,9-10H,5-6H2,1-2H3. The Morgan fingerprint density at radius 2 is 1.31 bits per heavy atom. The molecule has 0 saturated carbocycles. The van der Waals surface area contributed by atoms with E-state index in [2.05, 4.69) is 26.0 Å². The van der Waals surface area contributed by atoms with Gasteiger partial charge in [-0.05, 0) is 61.8 Å². The maximum atomic E-state index is 2.44. The molecule has 0 spiro atoms. The summed E-state index contributed by atoms with van der Waals surface area (Å²) in [4.78, 5) is 6.33. The molecule has 0 aliphatic heterocycles. The van der Waals surface area contributed by atoms with Gasteiger partial charge in [-0.3, -0.25) is 0 Å². The fourth-order valence-corrected chi connectivity index (χ4v) is 5.78. The molecule has 2 heteroatoms. The van der Waals surface area contributed by atoms with Crippen LogP contribution in [0.4, 0.5) is 0 Å². The van der Waals surface area contributed by atoms with Crippen molar-refractivity contribution in [3.8, 4) is 0 Å². The Morgan fingerprint density at radius 1 is 0.875 bits per heavy atom. The van der Waals surface area contributed by atoms with E-state index in [4.69, 9.17) is 0 Å². The van der Waals surface area contributed by atoms with Crippen LogP contribution in [0.5, 0.6) is 0 Å². The molecule has 0 amide bonds. The summed E-state index contributed by atoms with van der Waals surface area (Å²) in [5.41, 5.74) is 3.35. The number of thiophene rings is 2. The average molecular weight is 246 g/mol. The summed E-state index contributed by atoms with van der Waals surface area (Å²) in [5, 5.41) is 0. The maximum absolute atomic E-state index is 2.44. The SMILES string of the molecule is Cc1cc2c(s1)CC1c3cc(C)sc3CC21. The van der Waals surface area contributed by atoms with E-state index in [1.165, 1.54) is 22.6 Å². The third kappa shape index (κ3) is 1.09. The van der Waals surface area contributed by atoms with Crippen LogP contribution >= 0.6 is 22.7 Å². The monoisotopic (exact) mass is 246 g/mol. The number of fused-ring (bicyclic) bond motifs is 5.